The molecule has 1 N–H and O–H groups in total. The minimum Gasteiger partial charge on any atom is -0.351 e. The quantitative estimate of drug-likeness (QED) is 0.214. The van der Waals surface area contributed by atoms with Gasteiger partial charge >= 0.3 is 0 Å². The van der Waals surface area contributed by atoms with Gasteiger partial charge in [-0.3, -0.25) is 9.36 Å². The van der Waals surface area contributed by atoms with Gasteiger partial charge in [0.1, 0.15) is 5.65 Å². The van der Waals surface area contributed by atoms with Crippen molar-refractivity contribution in [1.82, 2.24) is 24.0 Å². The molecule has 7 nitrogen and oxygen atoms in total. The predicted molar refractivity (Wildman–Crippen MR) is 173 cm³/mol. The molecule has 5 aromatic rings. The molecule has 2 aromatic carbocycles. The molecule has 0 amide bonds. The van der Waals surface area contributed by atoms with Crippen molar-refractivity contribution in [3.8, 4) is 22.4 Å². The fourth-order valence-electron chi connectivity index (χ4n) is 5.98. The lowest BCUT2D eigenvalue weighted by molar-refractivity contribution is 0.251. The van der Waals surface area contributed by atoms with Gasteiger partial charge in [0.25, 0.3) is 5.56 Å². The SMILES string of the molecule is CC(C)n1c(=O)c(-c2c(Cl)cc(-c3cccn3C)cc2Cl)cc2cnc(Nc3ccc(C4CCCN(C)C4)cc3)nc21. The maximum Gasteiger partial charge on any atom is 0.260 e. The van der Waals surface area contributed by atoms with Gasteiger partial charge in [-0.15, -0.1) is 0 Å². The smallest absolute Gasteiger partial charge is 0.260 e. The van der Waals surface area contributed by atoms with E-state index in [1.807, 2.05) is 55.9 Å². The number of hydrogen-bond donors (Lipinski definition) is 1. The van der Waals surface area contributed by atoms with Crippen molar-refractivity contribution in [2.75, 3.05) is 25.5 Å². The Kier molecular flexibility index (Phi) is 7.83. The number of nitrogens with zero attached hydrogens (tertiary/aromatic N) is 5. The average Bonchev–Trinajstić information content (AvgIpc) is 3.39. The number of likely N-dealkylation sites (N-methyl/N-ethyl adjacent to an activating group) is 1. The molecule has 4 heterocycles. The summed E-state index contributed by atoms with van der Waals surface area (Å²) in [5, 5.41) is 4.86. The van der Waals surface area contributed by atoms with Gasteiger partial charge in [0.2, 0.25) is 5.95 Å². The summed E-state index contributed by atoms with van der Waals surface area (Å²) in [6.45, 7) is 6.17. The molecule has 0 bridgehead atoms. The summed E-state index contributed by atoms with van der Waals surface area (Å²) < 4.78 is 3.67. The van der Waals surface area contributed by atoms with E-state index in [1.165, 1.54) is 24.9 Å². The molecule has 0 spiro atoms. The number of hydrogen-bond acceptors (Lipinski definition) is 5. The summed E-state index contributed by atoms with van der Waals surface area (Å²) in [7, 11) is 4.15. The number of halogens is 2. The lowest BCUT2D eigenvalue weighted by Gasteiger charge is -2.30. The molecular formula is C33H34Cl2N6O. The van der Waals surface area contributed by atoms with Gasteiger partial charge in [0, 0.05) is 59.9 Å². The van der Waals surface area contributed by atoms with Crippen LogP contribution in [0.15, 0.2) is 71.8 Å². The van der Waals surface area contributed by atoms with E-state index < -0.39 is 0 Å². The minimum absolute atomic E-state index is 0.157. The van der Waals surface area contributed by atoms with Crippen LogP contribution in [0.5, 0.6) is 0 Å². The Labute approximate surface area is 255 Å². The highest BCUT2D eigenvalue weighted by Gasteiger charge is 2.21. The van der Waals surface area contributed by atoms with Crippen LogP contribution in [0.25, 0.3) is 33.4 Å². The molecule has 42 heavy (non-hydrogen) atoms. The van der Waals surface area contributed by atoms with Crippen molar-refractivity contribution in [3.05, 3.63) is 93.0 Å². The highest BCUT2D eigenvalue weighted by molar-refractivity contribution is 6.39. The second-order valence-electron chi connectivity index (χ2n) is 11.5. The first kappa shape index (κ1) is 28.5. The molecule has 3 aromatic heterocycles. The molecule has 1 fully saturated rings. The van der Waals surface area contributed by atoms with E-state index in [9.17, 15) is 4.79 Å². The number of likely N-dealkylation sites (tertiary alicyclic amines) is 1. The summed E-state index contributed by atoms with van der Waals surface area (Å²) in [6, 6.07) is 17.8. The fourth-order valence-corrected chi connectivity index (χ4v) is 6.67. The Morgan fingerprint density at radius 3 is 2.40 bits per heavy atom. The molecular weight excluding hydrogens is 567 g/mol. The number of pyridine rings is 1. The maximum atomic E-state index is 13.9. The maximum absolute atomic E-state index is 13.9. The molecule has 6 rings (SSSR count). The van der Waals surface area contributed by atoms with E-state index in [0.717, 1.165) is 28.9 Å². The summed E-state index contributed by atoms with van der Waals surface area (Å²) in [6.07, 6.45) is 6.14. The van der Waals surface area contributed by atoms with Crippen LogP contribution in [0.1, 0.15) is 44.2 Å². The Bertz CT molecular complexity index is 1800. The summed E-state index contributed by atoms with van der Waals surface area (Å²) in [5.74, 6) is 0.984. The van der Waals surface area contributed by atoms with E-state index >= 15 is 0 Å². The number of benzene rings is 2. The van der Waals surface area contributed by atoms with Crippen molar-refractivity contribution in [2.24, 2.45) is 7.05 Å². The average molecular weight is 602 g/mol. The zero-order valence-electron chi connectivity index (χ0n) is 24.2. The van der Waals surface area contributed by atoms with Crippen molar-refractivity contribution >= 4 is 45.9 Å². The van der Waals surface area contributed by atoms with Crippen LogP contribution in [0.3, 0.4) is 0 Å². The molecule has 0 radical (unpaired) electrons. The van der Waals surface area contributed by atoms with E-state index in [4.69, 9.17) is 28.2 Å². The van der Waals surface area contributed by atoms with Crippen LogP contribution in [-0.2, 0) is 7.05 Å². The molecule has 1 unspecified atom stereocenters. The van der Waals surface area contributed by atoms with Gasteiger partial charge in [0.15, 0.2) is 0 Å². The fraction of sp³-hybridized carbons (Fsp3) is 0.303. The van der Waals surface area contributed by atoms with E-state index in [2.05, 4.69) is 46.5 Å². The number of anilines is 2. The zero-order valence-corrected chi connectivity index (χ0v) is 25.7. The third kappa shape index (κ3) is 5.44. The highest BCUT2D eigenvalue weighted by Crippen LogP contribution is 2.38. The molecule has 216 valence electrons. The normalized spacial score (nSPS) is 15.9. The lowest BCUT2D eigenvalue weighted by atomic mass is 9.91. The van der Waals surface area contributed by atoms with E-state index in [1.54, 1.807) is 16.8 Å². The number of fused-ring (bicyclic) bond motifs is 1. The summed E-state index contributed by atoms with van der Waals surface area (Å²) >= 11 is 13.6. The van der Waals surface area contributed by atoms with Gasteiger partial charge < -0.3 is 14.8 Å². The number of nitrogens with one attached hydrogen (secondary N) is 1. The molecule has 1 aliphatic heterocycles. The molecule has 0 aliphatic carbocycles. The van der Waals surface area contributed by atoms with Crippen LogP contribution in [-0.4, -0.2) is 44.1 Å². The van der Waals surface area contributed by atoms with Crippen LogP contribution < -0.4 is 10.9 Å². The third-order valence-corrected chi connectivity index (χ3v) is 8.70. The number of aryl methyl sites for hydroxylation is 1. The standard InChI is InChI=1S/C33H34Cl2N6O/c1-20(2)41-31-24(15-26(32(41)42)30-27(34)16-23(17-28(30)35)29-8-6-14-40(29)4)18-36-33(38-31)37-25-11-9-21(10-12-25)22-7-5-13-39(3)19-22/h6,8-12,14-18,20,22H,5,7,13,19H2,1-4H3,(H,36,37,38). The first-order chi connectivity index (χ1) is 20.2. The van der Waals surface area contributed by atoms with Gasteiger partial charge in [-0.25, -0.2) is 4.98 Å². The van der Waals surface area contributed by atoms with E-state index in [0.29, 0.717) is 38.7 Å². The Balaban J connectivity index is 1.35. The van der Waals surface area contributed by atoms with Crippen LogP contribution in [0.2, 0.25) is 10.0 Å². The van der Waals surface area contributed by atoms with Gasteiger partial charge in [-0.1, -0.05) is 35.3 Å². The third-order valence-electron chi connectivity index (χ3n) is 8.10. The summed E-state index contributed by atoms with van der Waals surface area (Å²) in [5.41, 5.74) is 5.36. The Morgan fingerprint density at radius 2 is 1.76 bits per heavy atom. The van der Waals surface area contributed by atoms with Gasteiger partial charge in [-0.2, -0.15) is 4.98 Å². The van der Waals surface area contributed by atoms with Gasteiger partial charge in [0.05, 0.1) is 15.6 Å². The topological polar surface area (TPSA) is 68.0 Å². The number of rotatable bonds is 6. The van der Waals surface area contributed by atoms with Crippen LogP contribution >= 0.6 is 23.2 Å². The predicted octanol–water partition coefficient (Wildman–Crippen LogP) is 7.90. The Morgan fingerprint density at radius 1 is 1.02 bits per heavy atom. The molecule has 9 heteroatoms. The molecule has 1 aliphatic rings. The monoisotopic (exact) mass is 600 g/mol. The van der Waals surface area contributed by atoms with Gasteiger partial charge in [-0.05, 0) is 94.2 Å². The zero-order chi connectivity index (χ0) is 29.5. The number of piperidine rings is 1. The summed E-state index contributed by atoms with van der Waals surface area (Å²) in [4.78, 5) is 25.7. The molecule has 0 saturated carbocycles. The minimum atomic E-state index is -0.209. The first-order valence-corrected chi connectivity index (χ1v) is 15.0. The van der Waals surface area contributed by atoms with Crippen molar-refractivity contribution in [2.45, 2.75) is 38.6 Å². The van der Waals surface area contributed by atoms with Crippen molar-refractivity contribution < 1.29 is 0 Å². The van der Waals surface area contributed by atoms with E-state index in [-0.39, 0.29) is 11.6 Å². The second-order valence-corrected chi connectivity index (χ2v) is 12.3. The largest absolute Gasteiger partial charge is 0.351 e. The first-order valence-electron chi connectivity index (χ1n) is 14.3. The van der Waals surface area contributed by atoms with Crippen molar-refractivity contribution in [1.29, 1.82) is 0 Å². The second kappa shape index (κ2) is 11.6. The molecule has 1 saturated heterocycles. The number of aromatic nitrogens is 4. The van der Waals surface area contributed by atoms with Crippen molar-refractivity contribution in [3.63, 3.8) is 0 Å². The Hall–Kier alpha value is -3.65. The molecule has 1 atom stereocenters. The van der Waals surface area contributed by atoms with Crippen LogP contribution in [0.4, 0.5) is 11.6 Å². The van der Waals surface area contributed by atoms with Crippen LogP contribution in [0, 0.1) is 0 Å². The lowest BCUT2D eigenvalue weighted by Crippen LogP contribution is -2.30. The highest BCUT2D eigenvalue weighted by atomic mass is 35.5.